The van der Waals surface area contributed by atoms with E-state index in [1.54, 1.807) is 0 Å². The van der Waals surface area contributed by atoms with Gasteiger partial charge in [0.2, 0.25) is 0 Å². The Kier molecular flexibility index (Phi) is 8.75. The van der Waals surface area contributed by atoms with Crippen LogP contribution in [0, 0.1) is 0 Å². The lowest BCUT2D eigenvalue weighted by atomic mass is 9.90. The Hall–Kier alpha value is -0.950. The first-order valence-corrected chi connectivity index (χ1v) is 8.37. The predicted octanol–water partition coefficient (Wildman–Crippen LogP) is 6.84. The van der Waals surface area contributed by atoms with Gasteiger partial charge in [-0.3, -0.25) is 0 Å². The highest BCUT2D eigenvalue weighted by Gasteiger charge is 2.91. The molecule has 0 aliphatic rings. The van der Waals surface area contributed by atoms with Gasteiger partial charge in [0.1, 0.15) is 6.10 Å². The van der Waals surface area contributed by atoms with Gasteiger partial charge in [0.05, 0.1) is 0 Å². The molecule has 0 bridgehead atoms. The first-order chi connectivity index (χ1) is 12.7. The standard InChI is InChI=1S/C15H19F13O/c1-2-3-4-5-6-7-8-9(29)10(16,17)11(18,19)12(20,21)13(22,23)14(24,25)15(26,27)28/h9,29H,2-8H2,1H3. The minimum Gasteiger partial charge on any atom is -0.387 e. The van der Waals surface area contributed by atoms with Crippen LogP contribution in [0.3, 0.4) is 0 Å². The van der Waals surface area contributed by atoms with Gasteiger partial charge in [0, 0.05) is 0 Å². The summed E-state index contributed by atoms with van der Waals surface area (Å²) in [5, 5.41) is 9.09. The van der Waals surface area contributed by atoms with Crippen molar-refractivity contribution in [3.8, 4) is 0 Å². The Balaban J connectivity index is 5.58. The normalized spacial score (nSPS) is 16.2. The van der Waals surface area contributed by atoms with Crippen molar-refractivity contribution >= 4 is 0 Å². The molecule has 0 saturated heterocycles. The highest BCUT2D eigenvalue weighted by molar-refractivity contribution is 5.11. The number of alkyl halides is 13. The predicted molar refractivity (Wildman–Crippen MR) is 74.8 cm³/mol. The van der Waals surface area contributed by atoms with Gasteiger partial charge in [-0.2, -0.15) is 57.1 Å². The van der Waals surface area contributed by atoms with Crippen LogP contribution in [0.5, 0.6) is 0 Å². The molecule has 0 saturated carbocycles. The van der Waals surface area contributed by atoms with Crippen molar-refractivity contribution in [1.29, 1.82) is 0 Å². The smallest absolute Gasteiger partial charge is 0.387 e. The molecule has 14 heteroatoms. The number of halogens is 13. The van der Waals surface area contributed by atoms with Gasteiger partial charge in [-0.05, 0) is 6.42 Å². The second-order valence-electron chi connectivity index (χ2n) is 6.49. The van der Waals surface area contributed by atoms with Crippen molar-refractivity contribution in [1.82, 2.24) is 0 Å². The molecule has 0 aromatic carbocycles. The van der Waals surface area contributed by atoms with Crippen LogP contribution >= 0.6 is 0 Å². The fraction of sp³-hybridized carbons (Fsp3) is 1.00. The first-order valence-electron chi connectivity index (χ1n) is 8.37. The summed E-state index contributed by atoms with van der Waals surface area (Å²) in [6.45, 7) is 1.82. The quantitative estimate of drug-likeness (QED) is 0.249. The Morgan fingerprint density at radius 3 is 1.34 bits per heavy atom. The molecule has 29 heavy (non-hydrogen) atoms. The Morgan fingerprint density at radius 2 is 0.931 bits per heavy atom. The van der Waals surface area contributed by atoms with E-state index < -0.39 is 54.7 Å². The van der Waals surface area contributed by atoms with Crippen LogP contribution in [0.15, 0.2) is 0 Å². The zero-order valence-corrected chi connectivity index (χ0v) is 14.9. The third-order valence-electron chi connectivity index (χ3n) is 4.21. The maximum atomic E-state index is 13.6. The minimum atomic E-state index is -7.94. The van der Waals surface area contributed by atoms with Gasteiger partial charge in [-0.15, -0.1) is 0 Å². The van der Waals surface area contributed by atoms with Crippen LogP contribution in [0.25, 0.3) is 0 Å². The molecular formula is C15H19F13O. The largest absolute Gasteiger partial charge is 0.460 e. The van der Waals surface area contributed by atoms with E-state index in [0.29, 0.717) is 12.8 Å². The molecule has 0 aromatic rings. The minimum absolute atomic E-state index is 0.0669. The van der Waals surface area contributed by atoms with E-state index in [0.717, 1.165) is 12.8 Å². The lowest BCUT2D eigenvalue weighted by Gasteiger charge is -2.40. The molecule has 0 aliphatic carbocycles. The topological polar surface area (TPSA) is 20.2 Å². The SMILES string of the molecule is CCCCCCCCC(O)C(F)(F)C(F)(F)C(F)(F)C(F)(F)C(F)(F)C(F)(F)F. The molecule has 0 fully saturated rings. The molecule has 0 amide bonds. The summed E-state index contributed by atoms with van der Waals surface area (Å²) in [7, 11) is 0. The van der Waals surface area contributed by atoms with E-state index in [2.05, 4.69) is 0 Å². The second kappa shape index (κ2) is 9.04. The van der Waals surface area contributed by atoms with Gasteiger partial charge in [-0.25, -0.2) is 0 Å². The summed E-state index contributed by atoms with van der Waals surface area (Å²) in [6, 6.07) is 0. The number of aliphatic hydroxyl groups is 1. The molecule has 176 valence electrons. The molecule has 0 spiro atoms. The van der Waals surface area contributed by atoms with Gasteiger partial charge >= 0.3 is 35.8 Å². The number of hydrogen-bond donors (Lipinski definition) is 1. The van der Waals surface area contributed by atoms with Gasteiger partial charge in [0.25, 0.3) is 0 Å². The highest BCUT2D eigenvalue weighted by atomic mass is 19.4. The lowest BCUT2D eigenvalue weighted by Crippen LogP contribution is -2.71. The second-order valence-corrected chi connectivity index (χ2v) is 6.49. The van der Waals surface area contributed by atoms with E-state index in [1.807, 2.05) is 6.92 Å². The van der Waals surface area contributed by atoms with Crippen LogP contribution in [0.4, 0.5) is 57.1 Å². The van der Waals surface area contributed by atoms with Crippen molar-refractivity contribution in [2.45, 2.75) is 93.8 Å². The Bertz CT molecular complexity index is 513. The van der Waals surface area contributed by atoms with Gasteiger partial charge in [-0.1, -0.05) is 45.4 Å². The highest BCUT2D eigenvalue weighted by Crippen LogP contribution is 2.60. The number of rotatable bonds is 12. The molecule has 1 atom stereocenters. The molecule has 1 unspecified atom stereocenters. The molecule has 1 nitrogen and oxygen atoms in total. The molecule has 0 aliphatic heterocycles. The van der Waals surface area contributed by atoms with Gasteiger partial charge in [0.15, 0.2) is 0 Å². The van der Waals surface area contributed by atoms with Crippen LogP contribution in [-0.4, -0.2) is 47.0 Å². The van der Waals surface area contributed by atoms with Crippen molar-refractivity contribution in [2.75, 3.05) is 0 Å². The van der Waals surface area contributed by atoms with Crippen molar-refractivity contribution in [2.24, 2.45) is 0 Å². The molecular weight excluding hydrogens is 443 g/mol. The van der Waals surface area contributed by atoms with Crippen LogP contribution in [0.2, 0.25) is 0 Å². The van der Waals surface area contributed by atoms with E-state index >= 15 is 0 Å². The monoisotopic (exact) mass is 462 g/mol. The molecule has 0 heterocycles. The maximum Gasteiger partial charge on any atom is 0.460 e. The van der Waals surface area contributed by atoms with E-state index in [9.17, 15) is 57.1 Å². The first kappa shape index (κ1) is 28.1. The van der Waals surface area contributed by atoms with E-state index in [-0.39, 0.29) is 6.42 Å². The lowest BCUT2D eigenvalue weighted by molar-refractivity contribution is -0.444. The van der Waals surface area contributed by atoms with Gasteiger partial charge < -0.3 is 5.11 Å². The summed E-state index contributed by atoms with van der Waals surface area (Å²) >= 11 is 0. The number of unbranched alkanes of at least 4 members (excludes halogenated alkanes) is 5. The average Bonchev–Trinajstić information content (AvgIpc) is 2.55. The number of hydrogen-bond acceptors (Lipinski definition) is 1. The Labute approximate surface area is 157 Å². The van der Waals surface area contributed by atoms with Crippen molar-refractivity contribution in [3.63, 3.8) is 0 Å². The molecule has 0 aromatic heterocycles. The zero-order chi connectivity index (χ0) is 23.5. The summed E-state index contributed by atoms with van der Waals surface area (Å²) in [6.07, 6.45) is -10.3. The zero-order valence-electron chi connectivity index (χ0n) is 14.9. The van der Waals surface area contributed by atoms with Crippen molar-refractivity contribution < 1.29 is 62.2 Å². The molecule has 0 rings (SSSR count). The summed E-state index contributed by atoms with van der Waals surface area (Å²) in [5.74, 6) is -37.4. The van der Waals surface area contributed by atoms with Crippen LogP contribution < -0.4 is 0 Å². The van der Waals surface area contributed by atoms with Crippen LogP contribution in [-0.2, 0) is 0 Å². The molecule has 1 N–H and O–H groups in total. The average molecular weight is 462 g/mol. The Morgan fingerprint density at radius 1 is 0.552 bits per heavy atom. The van der Waals surface area contributed by atoms with Crippen LogP contribution in [0.1, 0.15) is 51.9 Å². The summed E-state index contributed by atoms with van der Waals surface area (Å²) in [4.78, 5) is 0. The summed E-state index contributed by atoms with van der Waals surface area (Å²) in [5.41, 5.74) is 0. The summed E-state index contributed by atoms with van der Waals surface area (Å²) < 4.78 is 168. The van der Waals surface area contributed by atoms with E-state index in [4.69, 9.17) is 5.11 Å². The molecule has 0 radical (unpaired) electrons. The third kappa shape index (κ3) is 5.04. The third-order valence-corrected chi connectivity index (χ3v) is 4.21. The fourth-order valence-corrected chi connectivity index (χ4v) is 2.29. The van der Waals surface area contributed by atoms with Crippen molar-refractivity contribution in [3.05, 3.63) is 0 Å². The van der Waals surface area contributed by atoms with E-state index in [1.165, 1.54) is 0 Å². The number of aliphatic hydroxyl groups excluding tert-OH is 1. The fourth-order valence-electron chi connectivity index (χ4n) is 2.29. The maximum absolute atomic E-state index is 13.6.